The first-order chi connectivity index (χ1) is 14.4. The number of amides is 1. The number of ether oxygens (including phenoxy) is 1. The highest BCUT2D eigenvalue weighted by Crippen LogP contribution is 2.26. The van der Waals surface area contributed by atoms with Crippen LogP contribution in [0.5, 0.6) is 5.75 Å². The van der Waals surface area contributed by atoms with Crippen LogP contribution in [-0.4, -0.2) is 22.8 Å². The first-order valence-electron chi connectivity index (χ1n) is 10.4. The number of hydrogen-bond donors (Lipinski definition) is 1. The van der Waals surface area contributed by atoms with Gasteiger partial charge < -0.3 is 10.1 Å². The maximum absolute atomic E-state index is 12.8. The quantitative estimate of drug-likeness (QED) is 0.578. The maximum Gasteiger partial charge on any atom is 0.228 e. The Kier molecular flexibility index (Phi) is 6.93. The number of aryl methyl sites for hydroxylation is 1. The number of anilines is 1. The summed E-state index contributed by atoms with van der Waals surface area (Å²) in [6, 6.07) is 16.0. The van der Waals surface area contributed by atoms with Gasteiger partial charge >= 0.3 is 0 Å². The van der Waals surface area contributed by atoms with Crippen LogP contribution in [0, 0.1) is 19.8 Å². The summed E-state index contributed by atoms with van der Waals surface area (Å²) in [7, 11) is 1.67. The van der Waals surface area contributed by atoms with Gasteiger partial charge in [-0.05, 0) is 43.5 Å². The van der Waals surface area contributed by atoms with Crippen molar-refractivity contribution >= 4 is 11.6 Å². The van der Waals surface area contributed by atoms with Crippen molar-refractivity contribution in [3.63, 3.8) is 0 Å². The lowest BCUT2D eigenvalue weighted by Gasteiger charge is -2.12. The Labute approximate surface area is 179 Å². The van der Waals surface area contributed by atoms with Gasteiger partial charge in [-0.25, -0.2) is 0 Å². The summed E-state index contributed by atoms with van der Waals surface area (Å²) in [4.78, 5) is 12.8. The van der Waals surface area contributed by atoms with Gasteiger partial charge in [0.1, 0.15) is 5.75 Å². The highest BCUT2D eigenvalue weighted by molar-refractivity contribution is 5.92. The predicted molar refractivity (Wildman–Crippen MR) is 121 cm³/mol. The normalized spacial score (nSPS) is 11.0. The Balaban J connectivity index is 1.74. The molecule has 1 aromatic heterocycles. The maximum atomic E-state index is 12.8. The van der Waals surface area contributed by atoms with Crippen molar-refractivity contribution in [2.24, 2.45) is 5.92 Å². The fraction of sp³-hybridized carbons (Fsp3) is 0.360. The molecule has 1 amide bonds. The molecular weight excluding hydrogens is 374 g/mol. The number of carbonyl (C=O) groups is 1. The number of carbonyl (C=O) groups excluding carboxylic acids is 1. The zero-order chi connectivity index (χ0) is 21.7. The highest BCUT2D eigenvalue weighted by atomic mass is 16.5. The molecule has 0 saturated carbocycles. The fourth-order valence-corrected chi connectivity index (χ4v) is 3.69. The third kappa shape index (κ3) is 5.29. The summed E-state index contributed by atoms with van der Waals surface area (Å²) in [5, 5.41) is 7.66. The van der Waals surface area contributed by atoms with E-state index in [1.54, 1.807) is 7.11 Å². The van der Waals surface area contributed by atoms with E-state index >= 15 is 0 Å². The van der Waals surface area contributed by atoms with Crippen molar-refractivity contribution in [3.8, 4) is 5.75 Å². The van der Waals surface area contributed by atoms with Crippen LogP contribution in [-0.2, 0) is 24.2 Å². The van der Waals surface area contributed by atoms with Crippen LogP contribution in [0.15, 0.2) is 48.5 Å². The smallest absolute Gasteiger partial charge is 0.228 e. The largest absolute Gasteiger partial charge is 0.496 e. The molecule has 0 radical (unpaired) electrons. The summed E-state index contributed by atoms with van der Waals surface area (Å²) >= 11 is 0. The number of benzene rings is 2. The van der Waals surface area contributed by atoms with Gasteiger partial charge in [-0.2, -0.15) is 5.10 Å². The summed E-state index contributed by atoms with van der Waals surface area (Å²) in [5.41, 5.74) is 6.00. The number of aromatic nitrogens is 2. The van der Waals surface area contributed by atoms with E-state index in [4.69, 9.17) is 4.74 Å². The van der Waals surface area contributed by atoms with E-state index in [-0.39, 0.29) is 5.91 Å². The molecule has 0 spiro atoms. The van der Waals surface area contributed by atoms with Gasteiger partial charge in [0.05, 0.1) is 19.2 Å². The molecule has 3 rings (SSSR count). The number of nitrogens with one attached hydrogen (secondary N) is 1. The number of nitrogens with zero attached hydrogens (tertiary/aromatic N) is 2. The zero-order valence-corrected chi connectivity index (χ0v) is 18.5. The highest BCUT2D eigenvalue weighted by Gasteiger charge is 2.16. The lowest BCUT2D eigenvalue weighted by atomic mass is 10.0. The predicted octanol–water partition coefficient (Wildman–Crippen LogP) is 4.94. The molecule has 0 atom stereocenters. The van der Waals surface area contributed by atoms with Crippen molar-refractivity contribution < 1.29 is 9.53 Å². The van der Waals surface area contributed by atoms with E-state index in [0.717, 1.165) is 46.9 Å². The summed E-state index contributed by atoms with van der Waals surface area (Å²) in [5.74, 6) is 1.28. The second kappa shape index (κ2) is 9.61. The van der Waals surface area contributed by atoms with Crippen molar-refractivity contribution in [3.05, 3.63) is 76.6 Å². The SMILES string of the molecule is COc1ccc(NC(=O)Cc2c(C)nn(CC(C)C)c2C)cc1Cc1ccccc1. The van der Waals surface area contributed by atoms with E-state index in [1.165, 1.54) is 5.56 Å². The fourth-order valence-electron chi connectivity index (χ4n) is 3.69. The van der Waals surface area contributed by atoms with E-state index in [2.05, 4.69) is 36.4 Å². The van der Waals surface area contributed by atoms with E-state index in [0.29, 0.717) is 12.3 Å². The van der Waals surface area contributed by atoms with Crippen LogP contribution >= 0.6 is 0 Å². The lowest BCUT2D eigenvalue weighted by molar-refractivity contribution is -0.115. The van der Waals surface area contributed by atoms with Crippen molar-refractivity contribution in [2.75, 3.05) is 12.4 Å². The van der Waals surface area contributed by atoms with Crippen LogP contribution in [0.25, 0.3) is 0 Å². The molecule has 0 aliphatic rings. The third-order valence-electron chi connectivity index (χ3n) is 5.21. The molecule has 0 bridgehead atoms. The van der Waals surface area contributed by atoms with Gasteiger partial charge in [0.25, 0.3) is 0 Å². The van der Waals surface area contributed by atoms with Gasteiger partial charge in [-0.1, -0.05) is 44.2 Å². The first kappa shape index (κ1) is 21.6. The molecule has 158 valence electrons. The molecule has 1 N–H and O–H groups in total. The Hall–Kier alpha value is -3.08. The number of methoxy groups -OCH3 is 1. The molecule has 0 saturated heterocycles. The zero-order valence-electron chi connectivity index (χ0n) is 18.5. The molecule has 5 heteroatoms. The van der Waals surface area contributed by atoms with Gasteiger partial charge in [-0.3, -0.25) is 9.48 Å². The minimum Gasteiger partial charge on any atom is -0.496 e. The first-order valence-corrected chi connectivity index (χ1v) is 10.4. The standard InChI is InChI=1S/C25H31N3O2/c1-17(2)16-28-19(4)23(18(3)27-28)15-25(29)26-22-11-12-24(30-5)21(14-22)13-20-9-7-6-8-10-20/h6-12,14,17H,13,15-16H2,1-5H3,(H,26,29). The monoisotopic (exact) mass is 405 g/mol. The Bertz CT molecular complexity index is 1010. The molecule has 0 aliphatic carbocycles. The molecule has 0 fully saturated rings. The molecular formula is C25H31N3O2. The van der Waals surface area contributed by atoms with Crippen molar-refractivity contribution in [2.45, 2.75) is 47.1 Å². The molecule has 0 aliphatic heterocycles. The molecule has 3 aromatic rings. The summed E-state index contributed by atoms with van der Waals surface area (Å²) in [6.07, 6.45) is 1.06. The van der Waals surface area contributed by atoms with E-state index < -0.39 is 0 Å². The van der Waals surface area contributed by atoms with Gasteiger partial charge in [-0.15, -0.1) is 0 Å². The second-order valence-corrected chi connectivity index (χ2v) is 8.14. The van der Waals surface area contributed by atoms with Gasteiger partial charge in [0.15, 0.2) is 0 Å². The summed E-state index contributed by atoms with van der Waals surface area (Å²) < 4.78 is 7.52. The minimum absolute atomic E-state index is 0.0406. The Morgan fingerprint density at radius 2 is 1.87 bits per heavy atom. The lowest BCUT2D eigenvalue weighted by Crippen LogP contribution is -2.16. The average Bonchev–Trinajstić information content (AvgIpc) is 2.96. The molecule has 0 unspecified atom stereocenters. The van der Waals surface area contributed by atoms with E-state index in [1.807, 2.05) is 54.9 Å². The van der Waals surface area contributed by atoms with Crippen molar-refractivity contribution in [1.82, 2.24) is 9.78 Å². The van der Waals surface area contributed by atoms with Crippen LogP contribution in [0.2, 0.25) is 0 Å². The molecule has 30 heavy (non-hydrogen) atoms. The van der Waals surface area contributed by atoms with Gasteiger partial charge in [0.2, 0.25) is 5.91 Å². The molecule has 5 nitrogen and oxygen atoms in total. The van der Waals surface area contributed by atoms with Gasteiger partial charge in [0, 0.05) is 35.5 Å². The number of hydrogen-bond acceptors (Lipinski definition) is 3. The number of rotatable bonds is 8. The topological polar surface area (TPSA) is 56.1 Å². The average molecular weight is 406 g/mol. The van der Waals surface area contributed by atoms with E-state index in [9.17, 15) is 4.79 Å². The van der Waals surface area contributed by atoms with Crippen LogP contribution in [0.3, 0.4) is 0 Å². The third-order valence-corrected chi connectivity index (χ3v) is 5.21. The van der Waals surface area contributed by atoms with Crippen LogP contribution < -0.4 is 10.1 Å². The molecule has 1 heterocycles. The summed E-state index contributed by atoms with van der Waals surface area (Å²) in [6.45, 7) is 9.20. The van der Waals surface area contributed by atoms with Crippen LogP contribution in [0.4, 0.5) is 5.69 Å². The van der Waals surface area contributed by atoms with Crippen molar-refractivity contribution in [1.29, 1.82) is 0 Å². The minimum atomic E-state index is -0.0406. The Morgan fingerprint density at radius 1 is 1.13 bits per heavy atom. The second-order valence-electron chi connectivity index (χ2n) is 8.14. The molecule has 2 aromatic carbocycles. The van der Waals surface area contributed by atoms with Crippen LogP contribution in [0.1, 0.15) is 41.9 Å². The Morgan fingerprint density at radius 3 is 2.53 bits per heavy atom.